The number of rotatable bonds is 3. The van der Waals surface area contributed by atoms with E-state index in [0.717, 1.165) is 10.0 Å². The van der Waals surface area contributed by atoms with E-state index in [-0.39, 0.29) is 0 Å². The van der Waals surface area contributed by atoms with Crippen molar-refractivity contribution >= 4 is 49.0 Å². The van der Waals surface area contributed by atoms with Crippen LogP contribution >= 0.6 is 38.9 Å². The molecule has 0 saturated heterocycles. The Morgan fingerprint density at radius 3 is 2.80 bits per heavy atom. The Bertz CT molecular complexity index is 733. The van der Waals surface area contributed by atoms with Crippen molar-refractivity contribution < 1.29 is 5.11 Å². The number of hydrogen-bond acceptors (Lipinski definition) is 2. The van der Waals surface area contributed by atoms with Crippen molar-refractivity contribution in [2.24, 2.45) is 0 Å². The fraction of sp³-hybridized carbons (Fsp3) is 0.125. The van der Waals surface area contributed by atoms with Gasteiger partial charge < -0.3 is 5.11 Å². The molecule has 0 fully saturated rings. The standard InChI is InChI=1S/C16H12BrClOS/c17-12-5-10(6-13(18)8-12)15(19)7-11-9-20-16-4-2-1-3-14(11)16/h1-6,8-9,15,19H,7H2. The third-order valence-electron chi connectivity index (χ3n) is 3.24. The Hall–Kier alpha value is -0.870. The molecular weight excluding hydrogens is 356 g/mol. The Balaban J connectivity index is 1.90. The smallest absolute Gasteiger partial charge is 0.0831 e. The van der Waals surface area contributed by atoms with Gasteiger partial charge in [0.15, 0.2) is 0 Å². The van der Waals surface area contributed by atoms with Crippen LogP contribution in [0.4, 0.5) is 0 Å². The molecule has 20 heavy (non-hydrogen) atoms. The summed E-state index contributed by atoms with van der Waals surface area (Å²) in [5, 5.41) is 14.4. The molecule has 102 valence electrons. The summed E-state index contributed by atoms with van der Waals surface area (Å²) in [4.78, 5) is 0. The van der Waals surface area contributed by atoms with Gasteiger partial charge in [-0.25, -0.2) is 0 Å². The fourth-order valence-corrected chi connectivity index (χ4v) is 4.15. The molecule has 0 bridgehead atoms. The number of aliphatic hydroxyl groups excluding tert-OH is 1. The van der Waals surface area contributed by atoms with Crippen molar-refractivity contribution in [2.45, 2.75) is 12.5 Å². The lowest BCUT2D eigenvalue weighted by Gasteiger charge is -2.11. The van der Waals surface area contributed by atoms with Crippen LogP contribution in [0.25, 0.3) is 10.1 Å². The molecule has 1 atom stereocenters. The van der Waals surface area contributed by atoms with E-state index in [1.54, 1.807) is 11.3 Å². The first-order chi connectivity index (χ1) is 9.63. The zero-order chi connectivity index (χ0) is 14.1. The van der Waals surface area contributed by atoms with E-state index in [9.17, 15) is 5.11 Å². The van der Waals surface area contributed by atoms with Gasteiger partial charge in [-0.15, -0.1) is 11.3 Å². The maximum atomic E-state index is 10.4. The van der Waals surface area contributed by atoms with Gasteiger partial charge in [-0.2, -0.15) is 0 Å². The van der Waals surface area contributed by atoms with Crippen molar-refractivity contribution in [1.29, 1.82) is 0 Å². The predicted molar refractivity (Wildman–Crippen MR) is 89.6 cm³/mol. The van der Waals surface area contributed by atoms with Crippen LogP contribution in [0.15, 0.2) is 52.3 Å². The van der Waals surface area contributed by atoms with Gasteiger partial charge in [0.05, 0.1) is 6.10 Å². The maximum Gasteiger partial charge on any atom is 0.0831 e. The van der Waals surface area contributed by atoms with Gasteiger partial charge in [0, 0.05) is 20.6 Å². The van der Waals surface area contributed by atoms with Crippen molar-refractivity contribution in [3.8, 4) is 0 Å². The number of benzene rings is 2. The summed E-state index contributed by atoms with van der Waals surface area (Å²) in [6.07, 6.45) is 0.0413. The summed E-state index contributed by atoms with van der Waals surface area (Å²) in [5.74, 6) is 0. The molecular formula is C16H12BrClOS. The van der Waals surface area contributed by atoms with Crippen LogP contribution in [0.5, 0.6) is 0 Å². The summed E-state index contributed by atoms with van der Waals surface area (Å²) in [6.45, 7) is 0. The van der Waals surface area contributed by atoms with Gasteiger partial charge in [-0.1, -0.05) is 45.7 Å². The summed E-state index contributed by atoms with van der Waals surface area (Å²) in [5.41, 5.74) is 2.01. The molecule has 1 heterocycles. The van der Waals surface area contributed by atoms with Crippen molar-refractivity contribution in [3.05, 3.63) is 68.5 Å². The van der Waals surface area contributed by atoms with Crippen LogP contribution in [0.2, 0.25) is 5.02 Å². The highest BCUT2D eigenvalue weighted by atomic mass is 79.9. The summed E-state index contributed by atoms with van der Waals surface area (Å²) >= 11 is 11.1. The van der Waals surface area contributed by atoms with Crippen LogP contribution in [0.1, 0.15) is 17.2 Å². The van der Waals surface area contributed by atoms with E-state index >= 15 is 0 Å². The molecule has 4 heteroatoms. The SMILES string of the molecule is OC(Cc1csc2ccccc12)c1cc(Cl)cc(Br)c1. The summed E-state index contributed by atoms with van der Waals surface area (Å²) in [6, 6.07) is 13.8. The topological polar surface area (TPSA) is 20.2 Å². The molecule has 0 spiro atoms. The fourth-order valence-electron chi connectivity index (χ4n) is 2.28. The van der Waals surface area contributed by atoms with E-state index in [1.807, 2.05) is 30.3 Å². The maximum absolute atomic E-state index is 10.4. The third-order valence-corrected chi connectivity index (χ3v) is 4.93. The number of fused-ring (bicyclic) bond motifs is 1. The van der Waals surface area contributed by atoms with E-state index in [1.165, 1.54) is 15.6 Å². The average Bonchev–Trinajstić information content (AvgIpc) is 2.81. The number of halogens is 2. The van der Waals surface area contributed by atoms with Crippen LogP contribution in [0.3, 0.4) is 0 Å². The zero-order valence-corrected chi connectivity index (χ0v) is 13.7. The Morgan fingerprint density at radius 1 is 1.20 bits per heavy atom. The summed E-state index contributed by atoms with van der Waals surface area (Å²) < 4.78 is 2.14. The molecule has 1 N–H and O–H groups in total. The average molecular weight is 368 g/mol. The molecule has 3 rings (SSSR count). The molecule has 0 radical (unpaired) electrons. The monoisotopic (exact) mass is 366 g/mol. The molecule has 0 aliphatic heterocycles. The molecule has 1 nitrogen and oxygen atoms in total. The second kappa shape index (κ2) is 5.86. The van der Waals surface area contributed by atoms with E-state index < -0.39 is 6.10 Å². The van der Waals surface area contributed by atoms with Crippen LogP contribution in [0, 0.1) is 0 Å². The molecule has 1 unspecified atom stereocenters. The minimum atomic E-state index is -0.553. The quantitative estimate of drug-likeness (QED) is 0.639. The van der Waals surface area contributed by atoms with E-state index in [2.05, 4.69) is 33.4 Å². The third kappa shape index (κ3) is 2.91. The Morgan fingerprint density at radius 2 is 2.00 bits per heavy atom. The Kier molecular flexibility index (Phi) is 4.13. The van der Waals surface area contributed by atoms with Gasteiger partial charge in [0.2, 0.25) is 0 Å². The predicted octanol–water partition coefficient (Wildman–Crippen LogP) is 5.59. The molecule has 3 aromatic rings. The molecule has 0 aliphatic rings. The largest absolute Gasteiger partial charge is 0.388 e. The van der Waals surface area contributed by atoms with Crippen LogP contribution < -0.4 is 0 Å². The van der Waals surface area contributed by atoms with Gasteiger partial charge in [0.25, 0.3) is 0 Å². The lowest BCUT2D eigenvalue weighted by molar-refractivity contribution is 0.179. The zero-order valence-electron chi connectivity index (χ0n) is 10.5. The first-order valence-corrected chi connectivity index (χ1v) is 8.28. The van der Waals surface area contributed by atoms with Gasteiger partial charge in [0.1, 0.15) is 0 Å². The van der Waals surface area contributed by atoms with Crippen molar-refractivity contribution in [1.82, 2.24) is 0 Å². The van der Waals surface area contributed by atoms with Crippen molar-refractivity contribution in [3.63, 3.8) is 0 Å². The van der Waals surface area contributed by atoms with Gasteiger partial charge >= 0.3 is 0 Å². The molecule has 0 aliphatic carbocycles. The number of aliphatic hydroxyl groups is 1. The van der Waals surface area contributed by atoms with E-state index in [4.69, 9.17) is 11.6 Å². The minimum absolute atomic E-state index is 0.553. The first kappa shape index (κ1) is 14.1. The second-order valence-corrected chi connectivity index (χ2v) is 6.94. The van der Waals surface area contributed by atoms with Gasteiger partial charge in [-0.3, -0.25) is 0 Å². The second-order valence-electron chi connectivity index (χ2n) is 4.68. The highest BCUT2D eigenvalue weighted by Crippen LogP contribution is 2.31. The molecule has 1 aromatic heterocycles. The molecule has 2 aromatic carbocycles. The lowest BCUT2D eigenvalue weighted by Crippen LogP contribution is -2.01. The van der Waals surface area contributed by atoms with Crippen LogP contribution in [-0.4, -0.2) is 5.11 Å². The highest BCUT2D eigenvalue weighted by Gasteiger charge is 2.13. The minimum Gasteiger partial charge on any atom is -0.388 e. The van der Waals surface area contributed by atoms with Gasteiger partial charge in [-0.05, 0) is 46.2 Å². The van der Waals surface area contributed by atoms with Crippen molar-refractivity contribution in [2.75, 3.05) is 0 Å². The van der Waals surface area contributed by atoms with Crippen LogP contribution in [-0.2, 0) is 6.42 Å². The highest BCUT2D eigenvalue weighted by molar-refractivity contribution is 9.10. The Labute approximate surface area is 135 Å². The van der Waals surface area contributed by atoms with E-state index in [0.29, 0.717) is 11.4 Å². The first-order valence-electron chi connectivity index (χ1n) is 6.22. The lowest BCUT2D eigenvalue weighted by atomic mass is 10.0. The molecule has 0 amide bonds. The number of thiophene rings is 1. The normalized spacial score (nSPS) is 12.8. The summed E-state index contributed by atoms with van der Waals surface area (Å²) in [7, 11) is 0. The number of hydrogen-bond donors (Lipinski definition) is 1. The molecule has 0 saturated carbocycles.